The Morgan fingerprint density at radius 2 is 2.20 bits per heavy atom. The first-order chi connectivity index (χ1) is 9.29. The van der Waals surface area contributed by atoms with Crippen LogP contribution in [0.1, 0.15) is 46.2 Å². The van der Waals surface area contributed by atoms with Crippen LogP contribution in [0.2, 0.25) is 0 Å². The van der Waals surface area contributed by atoms with Crippen molar-refractivity contribution in [2.75, 3.05) is 11.9 Å². The van der Waals surface area contributed by atoms with E-state index in [1.54, 1.807) is 11.8 Å². The van der Waals surface area contributed by atoms with Crippen LogP contribution in [0.3, 0.4) is 0 Å². The van der Waals surface area contributed by atoms with Gasteiger partial charge in [-0.2, -0.15) is 0 Å². The fourth-order valence-electron chi connectivity index (χ4n) is 2.11. The van der Waals surface area contributed by atoms with Crippen LogP contribution in [0.5, 0.6) is 0 Å². The van der Waals surface area contributed by atoms with Gasteiger partial charge in [0.1, 0.15) is 6.04 Å². The van der Waals surface area contributed by atoms with E-state index in [9.17, 15) is 9.59 Å². The number of likely N-dealkylation sites (tertiary alicyclic amines) is 1. The van der Waals surface area contributed by atoms with Crippen LogP contribution in [0.25, 0.3) is 0 Å². The number of amides is 2. The van der Waals surface area contributed by atoms with E-state index < -0.39 is 6.04 Å². The van der Waals surface area contributed by atoms with Crippen molar-refractivity contribution in [3.05, 3.63) is 11.1 Å². The largest absolute Gasteiger partial charge is 0.331 e. The summed E-state index contributed by atoms with van der Waals surface area (Å²) in [5.74, 6) is -0.114. The molecule has 0 aromatic carbocycles. The molecule has 1 aliphatic rings. The Hall–Kier alpha value is -1.43. The summed E-state index contributed by atoms with van der Waals surface area (Å²) in [6.45, 7) is 8.67. The molecule has 1 aromatic heterocycles. The number of hydrogen-bond acceptors (Lipinski definition) is 4. The third kappa shape index (κ3) is 3.17. The lowest BCUT2D eigenvalue weighted by molar-refractivity contribution is -0.134. The molecular weight excluding hydrogens is 274 g/mol. The number of anilines is 1. The maximum Gasteiger partial charge on any atom is 0.248 e. The lowest BCUT2D eigenvalue weighted by atomic mass is 9.93. The molecule has 0 spiro atoms. The smallest absolute Gasteiger partial charge is 0.248 e. The molecule has 2 amide bonds. The highest BCUT2D eigenvalue weighted by Gasteiger charge is 2.30. The molecule has 0 radical (unpaired) electrons. The molecule has 2 rings (SSSR count). The van der Waals surface area contributed by atoms with Crippen molar-refractivity contribution in [3.8, 4) is 0 Å². The molecule has 1 saturated heterocycles. The zero-order valence-corrected chi connectivity index (χ0v) is 13.2. The van der Waals surface area contributed by atoms with E-state index in [4.69, 9.17) is 0 Å². The van der Waals surface area contributed by atoms with Crippen LogP contribution in [0.15, 0.2) is 5.38 Å². The second kappa shape index (κ2) is 5.52. The van der Waals surface area contributed by atoms with Crippen LogP contribution in [0, 0.1) is 0 Å². The molecule has 1 N–H and O–H groups in total. The third-order valence-electron chi connectivity index (χ3n) is 3.46. The van der Waals surface area contributed by atoms with Crippen LogP contribution < -0.4 is 5.32 Å². The predicted octanol–water partition coefficient (Wildman–Crippen LogP) is 2.39. The topological polar surface area (TPSA) is 62.3 Å². The van der Waals surface area contributed by atoms with Gasteiger partial charge in [0.15, 0.2) is 5.13 Å². The quantitative estimate of drug-likeness (QED) is 0.931. The van der Waals surface area contributed by atoms with Gasteiger partial charge in [0, 0.05) is 23.8 Å². The van der Waals surface area contributed by atoms with Crippen molar-refractivity contribution in [2.45, 2.75) is 52.0 Å². The summed E-state index contributed by atoms with van der Waals surface area (Å²) in [5, 5.41) is 5.36. The van der Waals surface area contributed by atoms with E-state index in [-0.39, 0.29) is 17.2 Å². The summed E-state index contributed by atoms with van der Waals surface area (Å²) >= 11 is 1.42. The van der Waals surface area contributed by atoms with Crippen molar-refractivity contribution in [1.29, 1.82) is 0 Å². The fraction of sp³-hybridized carbons (Fsp3) is 0.643. The minimum Gasteiger partial charge on any atom is -0.331 e. The number of hydrogen-bond donors (Lipinski definition) is 1. The Balaban J connectivity index is 2.01. The molecule has 1 unspecified atom stereocenters. The van der Waals surface area contributed by atoms with Gasteiger partial charge in [-0.05, 0) is 13.3 Å². The van der Waals surface area contributed by atoms with Crippen LogP contribution >= 0.6 is 11.3 Å². The zero-order valence-electron chi connectivity index (χ0n) is 12.4. The average Bonchev–Trinajstić information content (AvgIpc) is 2.96. The minimum atomic E-state index is -0.438. The van der Waals surface area contributed by atoms with E-state index in [2.05, 4.69) is 31.1 Å². The Morgan fingerprint density at radius 1 is 1.50 bits per heavy atom. The summed E-state index contributed by atoms with van der Waals surface area (Å²) in [4.78, 5) is 29.9. The van der Waals surface area contributed by atoms with E-state index in [1.165, 1.54) is 11.3 Å². The van der Waals surface area contributed by atoms with Gasteiger partial charge in [-0.1, -0.05) is 20.8 Å². The van der Waals surface area contributed by atoms with Gasteiger partial charge in [0.25, 0.3) is 0 Å². The van der Waals surface area contributed by atoms with Gasteiger partial charge in [0.2, 0.25) is 11.8 Å². The fourth-order valence-corrected chi connectivity index (χ4v) is 3.05. The molecule has 110 valence electrons. The molecule has 6 heteroatoms. The summed E-state index contributed by atoms with van der Waals surface area (Å²) in [6.07, 6.45) is 1.38. The van der Waals surface area contributed by atoms with Gasteiger partial charge >= 0.3 is 0 Å². The highest BCUT2D eigenvalue weighted by atomic mass is 32.1. The maximum atomic E-state index is 12.2. The molecule has 20 heavy (non-hydrogen) atoms. The average molecular weight is 295 g/mol. The number of nitrogens with one attached hydrogen (secondary N) is 1. The molecule has 1 aliphatic heterocycles. The van der Waals surface area contributed by atoms with Gasteiger partial charge in [-0.3, -0.25) is 9.59 Å². The number of nitrogens with zero attached hydrogens (tertiary/aromatic N) is 2. The monoisotopic (exact) mass is 295 g/mol. The van der Waals surface area contributed by atoms with Crippen molar-refractivity contribution in [3.63, 3.8) is 0 Å². The lowest BCUT2D eigenvalue weighted by Gasteiger charge is -2.22. The highest BCUT2D eigenvalue weighted by molar-refractivity contribution is 7.14. The van der Waals surface area contributed by atoms with Crippen LogP contribution in [-0.2, 0) is 15.0 Å². The second-order valence-corrected chi connectivity index (χ2v) is 7.00. The number of thiazole rings is 1. The standard InChI is InChI=1S/C14H21N3O2S/c1-9(17-7-5-6-11(17)18)12(19)16-13-15-10(8-20-13)14(2,3)4/h8-9H,5-7H2,1-4H3,(H,15,16,19). The molecule has 0 bridgehead atoms. The second-order valence-electron chi connectivity index (χ2n) is 6.14. The van der Waals surface area contributed by atoms with Crippen molar-refractivity contribution in [2.24, 2.45) is 0 Å². The summed E-state index contributed by atoms with van der Waals surface area (Å²) in [7, 11) is 0. The van der Waals surface area contributed by atoms with Gasteiger partial charge in [-0.15, -0.1) is 11.3 Å². The molecule has 1 fully saturated rings. The SMILES string of the molecule is CC(C(=O)Nc1nc(C(C)(C)C)cs1)N1CCCC1=O. The summed E-state index contributed by atoms with van der Waals surface area (Å²) < 4.78 is 0. The van der Waals surface area contributed by atoms with E-state index in [1.807, 2.05) is 5.38 Å². The Bertz CT molecular complexity index is 519. The Labute approximate surface area is 123 Å². The summed E-state index contributed by atoms with van der Waals surface area (Å²) in [5.41, 5.74) is 0.929. The first-order valence-corrected chi connectivity index (χ1v) is 7.73. The third-order valence-corrected chi connectivity index (χ3v) is 4.22. The van der Waals surface area contributed by atoms with Gasteiger partial charge in [-0.25, -0.2) is 4.98 Å². The molecular formula is C14H21N3O2S. The number of carbonyl (C=O) groups excluding carboxylic acids is 2. The molecule has 1 aromatic rings. The number of carbonyl (C=O) groups is 2. The van der Waals surface area contributed by atoms with Crippen LogP contribution in [-0.4, -0.2) is 34.3 Å². The summed E-state index contributed by atoms with van der Waals surface area (Å²) in [6, 6.07) is -0.438. The maximum absolute atomic E-state index is 12.2. The van der Waals surface area contributed by atoms with Crippen molar-refractivity contribution in [1.82, 2.24) is 9.88 Å². The van der Waals surface area contributed by atoms with Crippen LogP contribution in [0.4, 0.5) is 5.13 Å². The molecule has 2 heterocycles. The number of rotatable bonds is 3. The lowest BCUT2D eigenvalue weighted by Crippen LogP contribution is -2.42. The van der Waals surface area contributed by atoms with E-state index >= 15 is 0 Å². The Morgan fingerprint density at radius 3 is 2.70 bits per heavy atom. The normalized spacial score (nSPS) is 17.4. The number of aromatic nitrogens is 1. The van der Waals surface area contributed by atoms with Gasteiger partial charge in [0.05, 0.1) is 5.69 Å². The van der Waals surface area contributed by atoms with E-state index in [0.717, 1.165) is 12.1 Å². The minimum absolute atomic E-state index is 0.0317. The van der Waals surface area contributed by atoms with Gasteiger partial charge < -0.3 is 10.2 Å². The Kier molecular flexibility index (Phi) is 4.13. The molecule has 5 nitrogen and oxygen atoms in total. The molecule has 0 aliphatic carbocycles. The first kappa shape index (κ1) is 15.0. The molecule has 1 atom stereocenters. The zero-order chi connectivity index (χ0) is 14.9. The molecule has 0 saturated carbocycles. The first-order valence-electron chi connectivity index (χ1n) is 6.85. The van der Waals surface area contributed by atoms with E-state index in [0.29, 0.717) is 18.1 Å². The van der Waals surface area contributed by atoms with Crippen molar-refractivity contribution < 1.29 is 9.59 Å². The highest BCUT2D eigenvalue weighted by Crippen LogP contribution is 2.26. The van der Waals surface area contributed by atoms with Crippen molar-refractivity contribution >= 4 is 28.3 Å². The predicted molar refractivity (Wildman–Crippen MR) is 79.9 cm³/mol.